The molecule has 0 amide bonds. The van der Waals surface area contributed by atoms with Gasteiger partial charge in [-0.05, 0) is 24.6 Å². The molecule has 2 heterocycles. The van der Waals surface area contributed by atoms with Crippen LogP contribution in [0.5, 0.6) is 0 Å². The lowest BCUT2D eigenvalue weighted by Gasteiger charge is -2.27. The Morgan fingerprint density at radius 1 is 1.58 bits per heavy atom. The summed E-state index contributed by atoms with van der Waals surface area (Å²) in [5.41, 5.74) is 0.839. The Morgan fingerprint density at radius 2 is 2.33 bits per heavy atom. The van der Waals surface area contributed by atoms with Crippen molar-refractivity contribution in [3.8, 4) is 0 Å². The first-order chi connectivity index (χ1) is 5.77. The average Bonchev–Trinajstić information content (AvgIpc) is 1.93. The third-order valence-corrected chi connectivity index (χ3v) is 2.39. The van der Waals surface area contributed by atoms with Crippen LogP contribution in [0.15, 0.2) is 17.1 Å². The summed E-state index contributed by atoms with van der Waals surface area (Å²) in [7, 11) is 0. The van der Waals surface area contributed by atoms with E-state index in [0.29, 0.717) is 6.04 Å². The molecule has 0 saturated carbocycles. The third kappa shape index (κ3) is 1.26. The van der Waals surface area contributed by atoms with Gasteiger partial charge in [-0.2, -0.15) is 0 Å². The van der Waals surface area contributed by atoms with E-state index in [1.54, 1.807) is 12.3 Å². The van der Waals surface area contributed by atoms with E-state index in [9.17, 15) is 4.79 Å². The van der Waals surface area contributed by atoms with E-state index in [-0.39, 0.29) is 10.6 Å². The lowest BCUT2D eigenvalue weighted by Crippen LogP contribution is -2.35. The minimum Gasteiger partial charge on any atom is -0.327 e. The molecule has 1 aliphatic heterocycles. The standard InChI is InChI=1S/C8H9ClN2O/c9-6-3-5(4-11-8(6)12)7-1-2-10-7/h3-4,7,10H,1-2H2,(H,11,12). The molecular formula is C8H9ClN2O. The first kappa shape index (κ1) is 7.83. The highest BCUT2D eigenvalue weighted by molar-refractivity contribution is 6.30. The van der Waals surface area contributed by atoms with Gasteiger partial charge in [0, 0.05) is 12.2 Å². The first-order valence-corrected chi connectivity index (χ1v) is 4.26. The van der Waals surface area contributed by atoms with Crippen LogP contribution in [0, 0.1) is 0 Å². The van der Waals surface area contributed by atoms with Crippen molar-refractivity contribution in [1.29, 1.82) is 0 Å². The maximum atomic E-state index is 10.9. The zero-order chi connectivity index (χ0) is 8.55. The van der Waals surface area contributed by atoms with Crippen LogP contribution < -0.4 is 10.9 Å². The fourth-order valence-electron chi connectivity index (χ4n) is 1.25. The van der Waals surface area contributed by atoms with Gasteiger partial charge in [0.2, 0.25) is 0 Å². The smallest absolute Gasteiger partial charge is 0.266 e. The van der Waals surface area contributed by atoms with E-state index in [1.807, 2.05) is 0 Å². The summed E-state index contributed by atoms with van der Waals surface area (Å²) in [4.78, 5) is 13.5. The molecule has 1 aromatic rings. The van der Waals surface area contributed by atoms with E-state index >= 15 is 0 Å². The number of halogens is 1. The quantitative estimate of drug-likeness (QED) is 0.686. The highest BCUT2D eigenvalue weighted by atomic mass is 35.5. The Bertz CT molecular complexity index is 343. The molecule has 1 aliphatic rings. The summed E-state index contributed by atoms with van der Waals surface area (Å²) in [5, 5.41) is 3.49. The van der Waals surface area contributed by atoms with Crippen LogP contribution >= 0.6 is 11.6 Å². The minimum atomic E-state index is -0.222. The van der Waals surface area contributed by atoms with Crippen molar-refractivity contribution in [1.82, 2.24) is 10.3 Å². The number of aromatic amines is 1. The van der Waals surface area contributed by atoms with Gasteiger partial charge in [0.15, 0.2) is 0 Å². The van der Waals surface area contributed by atoms with Gasteiger partial charge in [-0.1, -0.05) is 11.6 Å². The maximum Gasteiger partial charge on any atom is 0.266 e. The molecule has 0 aromatic carbocycles. The highest BCUT2D eigenvalue weighted by Gasteiger charge is 2.18. The fourth-order valence-corrected chi connectivity index (χ4v) is 1.43. The molecule has 12 heavy (non-hydrogen) atoms. The molecular weight excluding hydrogens is 176 g/mol. The topological polar surface area (TPSA) is 44.9 Å². The minimum absolute atomic E-state index is 0.222. The van der Waals surface area contributed by atoms with E-state index in [2.05, 4.69) is 10.3 Å². The number of pyridine rings is 1. The van der Waals surface area contributed by atoms with E-state index in [1.165, 1.54) is 0 Å². The van der Waals surface area contributed by atoms with Gasteiger partial charge in [0.25, 0.3) is 5.56 Å². The molecule has 0 aliphatic carbocycles. The van der Waals surface area contributed by atoms with Crippen molar-refractivity contribution >= 4 is 11.6 Å². The summed E-state index contributed by atoms with van der Waals surface area (Å²) in [6, 6.07) is 2.09. The van der Waals surface area contributed by atoms with Crippen molar-refractivity contribution in [2.24, 2.45) is 0 Å². The molecule has 1 aromatic heterocycles. The lowest BCUT2D eigenvalue weighted by atomic mass is 10.00. The van der Waals surface area contributed by atoms with Crippen LogP contribution in [0.1, 0.15) is 18.0 Å². The zero-order valence-electron chi connectivity index (χ0n) is 6.43. The average molecular weight is 185 g/mol. The zero-order valence-corrected chi connectivity index (χ0v) is 7.19. The molecule has 0 radical (unpaired) electrons. The van der Waals surface area contributed by atoms with E-state index in [4.69, 9.17) is 11.6 Å². The van der Waals surface area contributed by atoms with Crippen LogP contribution in [0.3, 0.4) is 0 Å². The number of hydrogen-bond donors (Lipinski definition) is 2. The second-order valence-corrected chi connectivity index (χ2v) is 3.31. The van der Waals surface area contributed by atoms with E-state index < -0.39 is 0 Å². The maximum absolute atomic E-state index is 10.9. The highest BCUT2D eigenvalue weighted by Crippen LogP contribution is 2.22. The van der Waals surface area contributed by atoms with Crippen molar-refractivity contribution in [2.75, 3.05) is 6.54 Å². The number of aromatic nitrogens is 1. The van der Waals surface area contributed by atoms with E-state index in [0.717, 1.165) is 18.5 Å². The molecule has 64 valence electrons. The lowest BCUT2D eigenvalue weighted by molar-refractivity contribution is 0.382. The molecule has 2 rings (SSSR count). The number of nitrogens with one attached hydrogen (secondary N) is 2. The van der Waals surface area contributed by atoms with Gasteiger partial charge in [-0.15, -0.1) is 0 Å². The second-order valence-electron chi connectivity index (χ2n) is 2.91. The first-order valence-electron chi connectivity index (χ1n) is 3.89. The normalized spacial score (nSPS) is 21.9. The predicted molar refractivity (Wildman–Crippen MR) is 47.4 cm³/mol. The molecule has 1 saturated heterocycles. The molecule has 0 bridgehead atoms. The van der Waals surface area contributed by atoms with Crippen molar-refractivity contribution < 1.29 is 0 Å². The number of hydrogen-bond acceptors (Lipinski definition) is 2. The van der Waals surface area contributed by atoms with Gasteiger partial charge in [-0.3, -0.25) is 4.79 Å². The summed E-state index contributed by atoms with van der Waals surface area (Å²) in [6.07, 6.45) is 2.83. The van der Waals surface area contributed by atoms with Gasteiger partial charge in [0.1, 0.15) is 5.02 Å². The molecule has 2 N–H and O–H groups in total. The number of H-pyrrole nitrogens is 1. The van der Waals surface area contributed by atoms with Gasteiger partial charge in [0.05, 0.1) is 0 Å². The van der Waals surface area contributed by atoms with Crippen molar-refractivity contribution in [3.05, 3.63) is 33.2 Å². The summed E-state index contributed by atoms with van der Waals surface area (Å²) in [6.45, 7) is 1.04. The largest absolute Gasteiger partial charge is 0.327 e. The SMILES string of the molecule is O=c1[nH]cc(C2CCN2)cc1Cl. The summed E-state index contributed by atoms with van der Waals surface area (Å²) >= 11 is 5.67. The fraction of sp³-hybridized carbons (Fsp3) is 0.375. The van der Waals surface area contributed by atoms with Crippen molar-refractivity contribution in [2.45, 2.75) is 12.5 Å². The summed E-state index contributed by atoms with van der Waals surface area (Å²) < 4.78 is 0. The van der Waals surface area contributed by atoms with Crippen LogP contribution in [-0.2, 0) is 0 Å². The van der Waals surface area contributed by atoms with Crippen molar-refractivity contribution in [3.63, 3.8) is 0 Å². The van der Waals surface area contributed by atoms with Crippen LogP contribution in [-0.4, -0.2) is 11.5 Å². The van der Waals surface area contributed by atoms with Crippen LogP contribution in [0.4, 0.5) is 0 Å². The molecule has 4 heteroatoms. The summed E-state index contributed by atoms with van der Waals surface area (Å²) in [5.74, 6) is 0. The molecule has 1 fully saturated rings. The van der Waals surface area contributed by atoms with Gasteiger partial charge >= 0.3 is 0 Å². The Balaban J connectivity index is 2.33. The Hall–Kier alpha value is -0.800. The Labute approximate surface area is 74.8 Å². The third-order valence-electron chi connectivity index (χ3n) is 2.11. The second kappa shape index (κ2) is 2.92. The van der Waals surface area contributed by atoms with Crippen LogP contribution in [0.2, 0.25) is 5.02 Å². The van der Waals surface area contributed by atoms with Crippen LogP contribution in [0.25, 0.3) is 0 Å². The van der Waals surface area contributed by atoms with Gasteiger partial charge in [-0.25, -0.2) is 0 Å². The molecule has 1 unspecified atom stereocenters. The Kier molecular flexibility index (Phi) is 1.90. The predicted octanol–water partition coefficient (Wildman–Crippen LogP) is 1.06. The molecule has 1 atom stereocenters. The molecule has 0 spiro atoms. The molecule has 3 nitrogen and oxygen atoms in total. The Morgan fingerprint density at radius 3 is 2.83 bits per heavy atom. The van der Waals surface area contributed by atoms with Gasteiger partial charge < -0.3 is 10.3 Å². The monoisotopic (exact) mass is 184 g/mol. The number of rotatable bonds is 1.